The van der Waals surface area contributed by atoms with E-state index < -0.39 is 12.1 Å². The Morgan fingerprint density at radius 3 is 2.81 bits per heavy atom. The number of aromatic amines is 1. The van der Waals surface area contributed by atoms with Gasteiger partial charge in [-0.05, 0) is 31.5 Å². The van der Waals surface area contributed by atoms with E-state index in [4.69, 9.17) is 0 Å². The van der Waals surface area contributed by atoms with Crippen LogP contribution in [0.2, 0.25) is 0 Å². The fourth-order valence-corrected chi connectivity index (χ4v) is 3.30. The van der Waals surface area contributed by atoms with Gasteiger partial charge in [-0.15, -0.1) is 0 Å². The van der Waals surface area contributed by atoms with Gasteiger partial charge in [0, 0.05) is 48.2 Å². The molecule has 4 rings (SSSR count). The average molecular weight is 378 g/mol. The fraction of sp³-hybridized carbons (Fsp3) is 0.412. The molecule has 1 saturated heterocycles. The van der Waals surface area contributed by atoms with Gasteiger partial charge >= 0.3 is 12.1 Å². The Kier molecular flexibility index (Phi) is 4.65. The predicted octanol–water partition coefficient (Wildman–Crippen LogP) is 3.25. The third-order valence-corrected chi connectivity index (χ3v) is 4.60. The summed E-state index contributed by atoms with van der Waals surface area (Å²) in [5, 5.41) is 10.2. The van der Waals surface area contributed by atoms with Gasteiger partial charge in [-0.2, -0.15) is 23.3 Å². The van der Waals surface area contributed by atoms with Crippen LogP contribution >= 0.6 is 0 Å². The van der Waals surface area contributed by atoms with Crippen LogP contribution in [0.25, 0.3) is 11.4 Å². The van der Waals surface area contributed by atoms with Crippen LogP contribution < -0.4 is 0 Å². The van der Waals surface area contributed by atoms with Crippen LogP contribution in [0.4, 0.5) is 13.2 Å². The molecule has 1 aliphatic heterocycles. The fourth-order valence-electron chi connectivity index (χ4n) is 3.30. The van der Waals surface area contributed by atoms with Gasteiger partial charge in [-0.1, -0.05) is 5.16 Å². The third-order valence-electron chi connectivity index (χ3n) is 4.60. The molecule has 7 nitrogen and oxygen atoms in total. The van der Waals surface area contributed by atoms with E-state index in [1.165, 1.54) is 6.20 Å². The minimum Gasteiger partial charge on any atom is -0.329 e. The molecular weight excluding hydrogens is 361 g/mol. The molecule has 0 unspecified atom stereocenters. The lowest BCUT2D eigenvalue weighted by molar-refractivity contribution is -0.159. The van der Waals surface area contributed by atoms with Gasteiger partial charge < -0.3 is 4.52 Å². The Labute approximate surface area is 152 Å². The second-order valence-electron chi connectivity index (χ2n) is 6.57. The molecule has 0 bridgehead atoms. The summed E-state index contributed by atoms with van der Waals surface area (Å²) < 4.78 is 42.0. The summed E-state index contributed by atoms with van der Waals surface area (Å²) in [6.07, 6.45) is 2.63. The van der Waals surface area contributed by atoms with Crippen LogP contribution in [0.5, 0.6) is 0 Å². The lowest BCUT2D eigenvalue weighted by Gasteiger charge is -2.32. The van der Waals surface area contributed by atoms with E-state index in [-0.39, 0.29) is 11.7 Å². The number of halogens is 3. The summed E-state index contributed by atoms with van der Waals surface area (Å²) in [6, 6.07) is 3.51. The molecule has 0 aromatic carbocycles. The van der Waals surface area contributed by atoms with Gasteiger partial charge in [-0.25, -0.2) is 0 Å². The molecule has 142 valence electrons. The molecular formula is C17H17F3N6O. The highest BCUT2D eigenvalue weighted by Gasteiger charge is 2.38. The smallest absolute Gasteiger partial charge is 0.329 e. The lowest BCUT2D eigenvalue weighted by atomic mass is 9.94. The molecule has 0 radical (unpaired) electrons. The molecule has 0 saturated carbocycles. The number of alkyl halides is 3. The van der Waals surface area contributed by atoms with E-state index in [0.717, 1.165) is 43.7 Å². The first-order valence-corrected chi connectivity index (χ1v) is 8.56. The number of piperidine rings is 1. The number of hydrogen-bond donors (Lipinski definition) is 1. The summed E-state index contributed by atoms with van der Waals surface area (Å²) in [4.78, 5) is 10.2. The lowest BCUT2D eigenvalue weighted by Crippen LogP contribution is -2.34. The largest absolute Gasteiger partial charge is 0.471 e. The summed E-state index contributed by atoms with van der Waals surface area (Å²) in [6.45, 7) is 2.72. The van der Waals surface area contributed by atoms with E-state index in [9.17, 15) is 13.2 Å². The number of H-pyrrole nitrogens is 1. The average Bonchev–Trinajstić information content (AvgIpc) is 3.34. The zero-order chi connectivity index (χ0) is 18.9. The van der Waals surface area contributed by atoms with Gasteiger partial charge in [0.2, 0.25) is 5.82 Å². The maximum absolute atomic E-state index is 12.6. The van der Waals surface area contributed by atoms with Crippen LogP contribution in [-0.4, -0.2) is 43.3 Å². The van der Waals surface area contributed by atoms with E-state index >= 15 is 0 Å². The monoisotopic (exact) mass is 378 g/mol. The van der Waals surface area contributed by atoms with Crippen LogP contribution in [0.15, 0.2) is 35.2 Å². The zero-order valence-corrected chi connectivity index (χ0v) is 14.3. The molecule has 1 N–H and O–H groups in total. The maximum Gasteiger partial charge on any atom is 0.471 e. The molecule has 1 aliphatic rings. The van der Waals surface area contributed by atoms with Crippen LogP contribution in [0.3, 0.4) is 0 Å². The molecule has 0 aliphatic carbocycles. The van der Waals surface area contributed by atoms with Crippen molar-refractivity contribution < 1.29 is 17.7 Å². The van der Waals surface area contributed by atoms with Crippen molar-refractivity contribution in [3.8, 4) is 11.4 Å². The van der Waals surface area contributed by atoms with Crippen molar-refractivity contribution in [1.82, 2.24) is 30.2 Å². The van der Waals surface area contributed by atoms with Crippen LogP contribution in [0.1, 0.15) is 35.9 Å². The molecule has 10 heteroatoms. The number of aromatic nitrogens is 5. The minimum atomic E-state index is -4.65. The van der Waals surface area contributed by atoms with Gasteiger partial charge in [0.1, 0.15) is 0 Å². The number of nitrogens with zero attached hydrogens (tertiary/aromatic N) is 5. The SMILES string of the molecule is FC(F)(F)c1nc(-c2ccc([C@H]3CCCN(Cc4cn[nH]c4)C3)nc2)no1. The Morgan fingerprint density at radius 2 is 2.15 bits per heavy atom. The van der Waals surface area contributed by atoms with Gasteiger partial charge in [0.25, 0.3) is 0 Å². The molecule has 1 atom stereocenters. The second-order valence-corrected chi connectivity index (χ2v) is 6.57. The maximum atomic E-state index is 12.6. The summed E-state index contributed by atoms with van der Waals surface area (Å²) >= 11 is 0. The molecule has 3 aromatic rings. The Hall–Kier alpha value is -2.75. The Morgan fingerprint density at radius 1 is 1.26 bits per heavy atom. The standard InChI is InChI=1S/C17H17F3N6O/c18-17(19,20)16-24-15(25-27-16)12-3-4-14(21-8-12)13-2-1-5-26(10-13)9-11-6-22-23-7-11/h3-4,6-8,13H,1-2,5,9-10H2,(H,22,23)/t13-/m0/s1. The van der Waals surface area contributed by atoms with Gasteiger partial charge in [0.15, 0.2) is 0 Å². The number of rotatable bonds is 4. The first-order chi connectivity index (χ1) is 13.0. The zero-order valence-electron chi connectivity index (χ0n) is 14.3. The van der Waals surface area contributed by atoms with Crippen molar-refractivity contribution in [2.45, 2.75) is 31.5 Å². The first kappa shape index (κ1) is 17.7. The second kappa shape index (κ2) is 7.10. The van der Waals surface area contributed by atoms with Crippen molar-refractivity contribution >= 4 is 0 Å². The minimum absolute atomic E-state index is 0.119. The van der Waals surface area contributed by atoms with Crippen molar-refractivity contribution in [2.24, 2.45) is 0 Å². The number of pyridine rings is 1. The topological polar surface area (TPSA) is 83.7 Å². The summed E-state index contributed by atoms with van der Waals surface area (Å²) in [5.41, 5.74) is 2.44. The molecule has 0 amide bonds. The van der Waals surface area contributed by atoms with Gasteiger partial charge in [0.05, 0.1) is 6.20 Å². The van der Waals surface area contributed by atoms with Crippen molar-refractivity contribution in [2.75, 3.05) is 13.1 Å². The quantitative estimate of drug-likeness (QED) is 0.750. The molecule has 4 heterocycles. The number of hydrogen-bond acceptors (Lipinski definition) is 6. The van der Waals surface area contributed by atoms with Crippen molar-refractivity contribution in [3.05, 3.63) is 47.9 Å². The van der Waals surface area contributed by atoms with Crippen molar-refractivity contribution in [3.63, 3.8) is 0 Å². The molecule has 27 heavy (non-hydrogen) atoms. The van der Waals surface area contributed by atoms with Gasteiger partial charge in [-0.3, -0.25) is 15.0 Å². The highest BCUT2D eigenvalue weighted by molar-refractivity contribution is 5.52. The van der Waals surface area contributed by atoms with E-state index in [1.807, 2.05) is 18.5 Å². The van der Waals surface area contributed by atoms with Crippen molar-refractivity contribution in [1.29, 1.82) is 0 Å². The molecule has 1 fully saturated rings. The van der Waals surface area contributed by atoms with Crippen LogP contribution in [0, 0.1) is 0 Å². The third kappa shape index (κ3) is 4.00. The van der Waals surface area contributed by atoms with E-state index in [1.54, 1.807) is 6.07 Å². The Bertz CT molecular complexity index is 875. The highest BCUT2D eigenvalue weighted by atomic mass is 19.4. The normalized spacial score (nSPS) is 18.7. The van der Waals surface area contributed by atoms with Crippen LogP contribution in [-0.2, 0) is 12.7 Å². The molecule has 0 spiro atoms. The van der Waals surface area contributed by atoms with E-state index in [2.05, 4.69) is 34.7 Å². The summed E-state index contributed by atoms with van der Waals surface area (Å²) in [5.74, 6) is -1.20. The van der Waals surface area contributed by atoms with E-state index in [0.29, 0.717) is 5.56 Å². The highest BCUT2D eigenvalue weighted by Crippen LogP contribution is 2.30. The molecule has 3 aromatic heterocycles. The first-order valence-electron chi connectivity index (χ1n) is 8.56. The number of likely N-dealkylation sites (tertiary alicyclic amines) is 1. The predicted molar refractivity (Wildman–Crippen MR) is 88.4 cm³/mol. The number of nitrogens with one attached hydrogen (secondary N) is 1. The summed E-state index contributed by atoms with van der Waals surface area (Å²) in [7, 11) is 0. The Balaban J connectivity index is 1.44.